The summed E-state index contributed by atoms with van der Waals surface area (Å²) in [4.78, 5) is 0. The Bertz CT molecular complexity index is 189. The smallest absolute Gasteiger partial charge is 0.00642 e. The van der Waals surface area contributed by atoms with Gasteiger partial charge in [-0.05, 0) is 76.7 Å². The van der Waals surface area contributed by atoms with Gasteiger partial charge in [-0.1, -0.05) is 0 Å². The average molecular weight is 224 g/mol. The number of nitrogens with two attached hydrogens (primary N) is 1. The molecule has 2 fully saturated rings. The molecule has 2 aliphatic rings. The zero-order valence-electron chi connectivity index (χ0n) is 10.8. The largest absolute Gasteiger partial charge is 0.328 e. The Labute approximate surface area is 100 Å². The van der Waals surface area contributed by atoms with Gasteiger partial charge >= 0.3 is 0 Å². The minimum Gasteiger partial charge on any atom is -0.328 e. The first kappa shape index (κ1) is 12.4. The normalized spacial score (nSPS) is 40.9. The monoisotopic (exact) mass is 224 g/mol. The van der Waals surface area contributed by atoms with Crippen molar-refractivity contribution >= 4 is 0 Å². The lowest BCUT2D eigenvalue weighted by atomic mass is 9.76. The molecule has 94 valence electrons. The molecule has 2 aliphatic carbocycles. The van der Waals surface area contributed by atoms with Gasteiger partial charge in [-0.2, -0.15) is 0 Å². The summed E-state index contributed by atoms with van der Waals surface area (Å²) in [7, 11) is 2.10. The predicted octanol–water partition coefficient (Wildman–Crippen LogP) is 2.67. The van der Waals surface area contributed by atoms with Crippen molar-refractivity contribution in [3.05, 3.63) is 0 Å². The number of hydrogen-bond acceptors (Lipinski definition) is 2. The van der Waals surface area contributed by atoms with Crippen molar-refractivity contribution < 1.29 is 0 Å². The second-order valence-electron chi connectivity index (χ2n) is 6.02. The summed E-state index contributed by atoms with van der Waals surface area (Å²) >= 11 is 0. The van der Waals surface area contributed by atoms with Gasteiger partial charge in [0, 0.05) is 12.1 Å². The highest BCUT2D eigenvalue weighted by atomic mass is 14.9. The highest BCUT2D eigenvalue weighted by Crippen LogP contribution is 2.34. The van der Waals surface area contributed by atoms with E-state index in [4.69, 9.17) is 5.73 Å². The first-order chi connectivity index (χ1) is 7.78. The molecule has 2 saturated carbocycles. The Morgan fingerprint density at radius 2 is 1.38 bits per heavy atom. The lowest BCUT2D eigenvalue weighted by Gasteiger charge is -2.33. The van der Waals surface area contributed by atoms with Crippen LogP contribution < -0.4 is 11.1 Å². The Balaban J connectivity index is 1.66. The molecule has 0 amide bonds. The first-order valence-corrected chi connectivity index (χ1v) is 7.20. The molecule has 0 atom stereocenters. The molecule has 0 radical (unpaired) electrons. The summed E-state index contributed by atoms with van der Waals surface area (Å²) in [5, 5.41) is 3.42. The van der Waals surface area contributed by atoms with Crippen molar-refractivity contribution in [3.63, 3.8) is 0 Å². The molecule has 2 heteroatoms. The first-order valence-electron chi connectivity index (χ1n) is 7.20. The third-order valence-electron chi connectivity index (χ3n) is 4.81. The van der Waals surface area contributed by atoms with E-state index in [0.717, 1.165) is 17.9 Å². The highest BCUT2D eigenvalue weighted by Gasteiger charge is 2.25. The van der Waals surface area contributed by atoms with Gasteiger partial charge in [0.2, 0.25) is 0 Å². The minimum absolute atomic E-state index is 0.510. The Hall–Kier alpha value is -0.0800. The molecule has 2 rings (SSSR count). The van der Waals surface area contributed by atoms with Crippen LogP contribution in [0.4, 0.5) is 0 Å². The maximum Gasteiger partial charge on any atom is 0.00642 e. The van der Waals surface area contributed by atoms with Crippen LogP contribution in [0.1, 0.15) is 57.8 Å². The van der Waals surface area contributed by atoms with E-state index in [0.29, 0.717) is 6.04 Å². The maximum absolute atomic E-state index is 5.96. The molecular formula is C14H28N2. The van der Waals surface area contributed by atoms with Crippen molar-refractivity contribution in [1.29, 1.82) is 0 Å². The summed E-state index contributed by atoms with van der Waals surface area (Å²) in [6.07, 6.45) is 12.5. The SMILES string of the molecule is CNC1CCC(CC2CCC(N)CC2)CC1. The van der Waals surface area contributed by atoms with Crippen LogP contribution in [0, 0.1) is 11.8 Å². The maximum atomic E-state index is 5.96. The summed E-state index contributed by atoms with van der Waals surface area (Å²) in [5.41, 5.74) is 5.96. The van der Waals surface area contributed by atoms with E-state index in [2.05, 4.69) is 12.4 Å². The van der Waals surface area contributed by atoms with Gasteiger partial charge in [0.1, 0.15) is 0 Å². The number of hydrogen-bond donors (Lipinski definition) is 2. The molecule has 0 aromatic carbocycles. The van der Waals surface area contributed by atoms with Gasteiger partial charge in [-0.25, -0.2) is 0 Å². The molecule has 0 saturated heterocycles. The van der Waals surface area contributed by atoms with E-state index in [1.807, 2.05) is 0 Å². The number of rotatable bonds is 3. The van der Waals surface area contributed by atoms with Gasteiger partial charge in [0.25, 0.3) is 0 Å². The molecule has 0 aromatic rings. The molecule has 2 nitrogen and oxygen atoms in total. The lowest BCUT2D eigenvalue weighted by Crippen LogP contribution is -2.32. The quantitative estimate of drug-likeness (QED) is 0.773. The van der Waals surface area contributed by atoms with Gasteiger partial charge in [0.15, 0.2) is 0 Å². The zero-order valence-corrected chi connectivity index (χ0v) is 10.8. The Kier molecular flexibility index (Phi) is 4.66. The van der Waals surface area contributed by atoms with Gasteiger partial charge in [-0.15, -0.1) is 0 Å². The fourth-order valence-corrected chi connectivity index (χ4v) is 3.58. The van der Waals surface area contributed by atoms with Crippen molar-refractivity contribution in [2.75, 3.05) is 7.05 Å². The van der Waals surface area contributed by atoms with E-state index in [1.54, 1.807) is 0 Å². The van der Waals surface area contributed by atoms with Crippen molar-refractivity contribution in [3.8, 4) is 0 Å². The van der Waals surface area contributed by atoms with Crippen LogP contribution in [-0.2, 0) is 0 Å². The van der Waals surface area contributed by atoms with E-state index in [1.165, 1.54) is 57.8 Å². The second-order valence-corrected chi connectivity index (χ2v) is 6.02. The second kappa shape index (κ2) is 6.02. The van der Waals surface area contributed by atoms with Gasteiger partial charge in [0.05, 0.1) is 0 Å². The van der Waals surface area contributed by atoms with Crippen LogP contribution >= 0.6 is 0 Å². The van der Waals surface area contributed by atoms with Crippen LogP contribution in [0.2, 0.25) is 0 Å². The predicted molar refractivity (Wildman–Crippen MR) is 69.4 cm³/mol. The van der Waals surface area contributed by atoms with Gasteiger partial charge < -0.3 is 11.1 Å². The van der Waals surface area contributed by atoms with E-state index in [9.17, 15) is 0 Å². The van der Waals surface area contributed by atoms with Crippen LogP contribution in [0.5, 0.6) is 0 Å². The van der Waals surface area contributed by atoms with Crippen molar-refractivity contribution in [2.24, 2.45) is 17.6 Å². The van der Waals surface area contributed by atoms with E-state index < -0.39 is 0 Å². The van der Waals surface area contributed by atoms with Crippen LogP contribution in [-0.4, -0.2) is 19.1 Å². The van der Waals surface area contributed by atoms with Crippen LogP contribution in [0.15, 0.2) is 0 Å². The highest BCUT2D eigenvalue weighted by molar-refractivity contribution is 4.80. The summed E-state index contributed by atoms with van der Waals surface area (Å²) in [6, 6.07) is 1.31. The molecule has 16 heavy (non-hydrogen) atoms. The molecule has 0 unspecified atom stereocenters. The molecule has 0 heterocycles. The zero-order chi connectivity index (χ0) is 11.4. The molecule has 0 aromatic heterocycles. The van der Waals surface area contributed by atoms with Crippen LogP contribution in [0.3, 0.4) is 0 Å². The van der Waals surface area contributed by atoms with E-state index >= 15 is 0 Å². The Morgan fingerprint density at radius 3 is 1.88 bits per heavy atom. The fraction of sp³-hybridized carbons (Fsp3) is 1.00. The molecular weight excluding hydrogens is 196 g/mol. The molecule has 3 N–H and O–H groups in total. The van der Waals surface area contributed by atoms with Crippen molar-refractivity contribution in [2.45, 2.75) is 69.9 Å². The van der Waals surface area contributed by atoms with Crippen LogP contribution in [0.25, 0.3) is 0 Å². The van der Waals surface area contributed by atoms with Gasteiger partial charge in [-0.3, -0.25) is 0 Å². The lowest BCUT2D eigenvalue weighted by molar-refractivity contribution is 0.218. The van der Waals surface area contributed by atoms with E-state index in [-0.39, 0.29) is 0 Å². The third kappa shape index (κ3) is 3.46. The summed E-state index contributed by atoms with van der Waals surface area (Å²) in [6.45, 7) is 0. The molecule has 0 bridgehead atoms. The van der Waals surface area contributed by atoms with Crippen molar-refractivity contribution in [1.82, 2.24) is 5.32 Å². The molecule has 0 spiro atoms. The fourth-order valence-electron chi connectivity index (χ4n) is 3.58. The summed E-state index contributed by atoms with van der Waals surface area (Å²) in [5.74, 6) is 2.01. The summed E-state index contributed by atoms with van der Waals surface area (Å²) < 4.78 is 0. The standard InChI is InChI=1S/C14H28N2/c1-16-14-8-4-12(5-9-14)10-11-2-6-13(15)7-3-11/h11-14,16H,2-10,15H2,1H3. The topological polar surface area (TPSA) is 38.0 Å². The molecule has 0 aliphatic heterocycles. The third-order valence-corrected chi connectivity index (χ3v) is 4.81. The average Bonchev–Trinajstić information content (AvgIpc) is 2.33. The minimum atomic E-state index is 0.510. The number of nitrogens with one attached hydrogen (secondary N) is 1. The Morgan fingerprint density at radius 1 is 0.875 bits per heavy atom.